The second-order valence-corrected chi connectivity index (χ2v) is 9.44. The van der Waals surface area contributed by atoms with Crippen molar-refractivity contribution in [2.45, 2.75) is 51.1 Å². The van der Waals surface area contributed by atoms with Crippen LogP contribution in [-0.2, 0) is 24.3 Å². The first-order valence-corrected chi connectivity index (χ1v) is 12.0. The average molecular weight is 449 g/mol. The number of fused-ring (bicyclic) bond motifs is 1. The highest BCUT2D eigenvalue weighted by Crippen LogP contribution is 2.29. The second-order valence-electron chi connectivity index (χ2n) is 9.44. The Bertz CT molecular complexity index is 1090. The van der Waals surface area contributed by atoms with Gasteiger partial charge in [-0.25, -0.2) is 4.98 Å². The maximum atomic E-state index is 13.0. The smallest absolute Gasteiger partial charge is 0.255 e. The van der Waals surface area contributed by atoms with Crippen LogP contribution in [0.5, 0.6) is 5.75 Å². The fourth-order valence-corrected chi connectivity index (χ4v) is 5.28. The molecule has 1 amide bonds. The summed E-state index contributed by atoms with van der Waals surface area (Å²) in [5.41, 5.74) is 2.86. The summed E-state index contributed by atoms with van der Waals surface area (Å²) in [5, 5.41) is 0. The van der Waals surface area contributed by atoms with Gasteiger partial charge in [-0.3, -0.25) is 14.5 Å². The number of aromatic nitrogens is 2. The molecule has 1 aromatic heterocycles. The summed E-state index contributed by atoms with van der Waals surface area (Å²) >= 11 is 0. The van der Waals surface area contributed by atoms with E-state index < -0.39 is 0 Å². The number of carbonyl (C=O) groups excluding carboxylic acids is 1. The number of likely N-dealkylation sites (tertiary alicyclic amines) is 1. The molecule has 0 bridgehead atoms. The van der Waals surface area contributed by atoms with Gasteiger partial charge in [0.1, 0.15) is 11.6 Å². The number of nitrogens with zero attached hydrogens (tertiary/aromatic N) is 3. The molecular formula is C26H32N4O3. The number of ether oxygens (including phenoxy) is 1. The fraction of sp³-hybridized carbons (Fsp3) is 0.500. The summed E-state index contributed by atoms with van der Waals surface area (Å²) in [7, 11) is 1.67. The molecule has 7 nitrogen and oxygen atoms in total. The van der Waals surface area contributed by atoms with Crippen LogP contribution < -0.4 is 10.3 Å². The van der Waals surface area contributed by atoms with Gasteiger partial charge in [0.2, 0.25) is 5.91 Å². The molecule has 1 aliphatic carbocycles. The van der Waals surface area contributed by atoms with E-state index in [0.717, 1.165) is 74.6 Å². The number of hydrogen-bond acceptors (Lipinski definition) is 5. The van der Waals surface area contributed by atoms with E-state index in [0.29, 0.717) is 13.1 Å². The lowest BCUT2D eigenvalue weighted by atomic mass is 9.93. The summed E-state index contributed by atoms with van der Waals surface area (Å²) in [4.78, 5) is 38.0. The van der Waals surface area contributed by atoms with E-state index in [1.807, 2.05) is 17.0 Å². The van der Waals surface area contributed by atoms with Gasteiger partial charge in [-0.15, -0.1) is 0 Å². The molecule has 0 radical (unpaired) electrons. The van der Waals surface area contributed by atoms with Gasteiger partial charge in [-0.05, 0) is 43.4 Å². The van der Waals surface area contributed by atoms with Crippen molar-refractivity contribution in [1.29, 1.82) is 0 Å². The SMILES string of the molecule is COc1ccc(CN2CCc3nc([C@@H]4CCN(C(=O)[C@H]5CC=CCC5)C4)[nH]c(=O)c3C2)cc1. The first-order valence-electron chi connectivity index (χ1n) is 12.0. The monoisotopic (exact) mass is 448 g/mol. The first kappa shape index (κ1) is 21.9. The number of aromatic amines is 1. The number of allylic oxidation sites excluding steroid dienone is 2. The molecule has 3 heterocycles. The number of methoxy groups -OCH3 is 1. The molecule has 0 saturated carbocycles. The average Bonchev–Trinajstić information content (AvgIpc) is 3.35. The second kappa shape index (κ2) is 9.51. The zero-order chi connectivity index (χ0) is 22.8. The van der Waals surface area contributed by atoms with Crippen molar-refractivity contribution in [2.75, 3.05) is 26.7 Å². The predicted molar refractivity (Wildman–Crippen MR) is 126 cm³/mol. The lowest BCUT2D eigenvalue weighted by molar-refractivity contribution is -0.134. The maximum absolute atomic E-state index is 13.0. The molecule has 2 aromatic rings. The molecule has 1 aromatic carbocycles. The minimum absolute atomic E-state index is 0.0309. The summed E-state index contributed by atoms with van der Waals surface area (Å²) in [6.45, 7) is 3.68. The molecule has 5 rings (SSSR count). The van der Waals surface area contributed by atoms with Crippen molar-refractivity contribution >= 4 is 5.91 Å². The van der Waals surface area contributed by atoms with Crippen LogP contribution in [0, 0.1) is 5.92 Å². The zero-order valence-corrected chi connectivity index (χ0v) is 19.3. The van der Waals surface area contributed by atoms with Crippen LogP contribution >= 0.6 is 0 Å². The number of carbonyl (C=O) groups is 1. The zero-order valence-electron chi connectivity index (χ0n) is 19.3. The highest BCUT2D eigenvalue weighted by molar-refractivity contribution is 5.79. The van der Waals surface area contributed by atoms with Crippen LogP contribution in [0.25, 0.3) is 0 Å². The Balaban J connectivity index is 1.24. The normalized spacial score (nSPS) is 22.9. The molecule has 7 heteroatoms. The van der Waals surface area contributed by atoms with Gasteiger partial charge < -0.3 is 14.6 Å². The van der Waals surface area contributed by atoms with Crippen molar-refractivity contribution in [3.8, 4) is 5.75 Å². The Morgan fingerprint density at radius 3 is 2.79 bits per heavy atom. The number of H-pyrrole nitrogens is 1. The van der Waals surface area contributed by atoms with Gasteiger partial charge >= 0.3 is 0 Å². The Morgan fingerprint density at radius 1 is 1.18 bits per heavy atom. The number of benzene rings is 1. The Kier molecular flexibility index (Phi) is 6.31. The van der Waals surface area contributed by atoms with Gasteiger partial charge in [0.25, 0.3) is 5.56 Å². The molecule has 0 unspecified atom stereocenters. The molecule has 1 saturated heterocycles. The summed E-state index contributed by atoms with van der Waals surface area (Å²) < 4.78 is 5.23. The van der Waals surface area contributed by atoms with E-state index in [-0.39, 0.29) is 23.3 Å². The molecule has 33 heavy (non-hydrogen) atoms. The van der Waals surface area contributed by atoms with Crippen molar-refractivity contribution in [2.24, 2.45) is 5.92 Å². The predicted octanol–water partition coefficient (Wildman–Crippen LogP) is 3.01. The van der Waals surface area contributed by atoms with Crippen molar-refractivity contribution in [1.82, 2.24) is 19.8 Å². The molecule has 3 aliphatic rings. The molecular weight excluding hydrogens is 416 g/mol. The first-order chi connectivity index (χ1) is 16.1. The molecule has 0 spiro atoms. The third-order valence-corrected chi connectivity index (χ3v) is 7.24. The van der Waals surface area contributed by atoms with Gasteiger partial charge in [-0.2, -0.15) is 0 Å². The summed E-state index contributed by atoms with van der Waals surface area (Å²) in [6.07, 6.45) is 8.70. The maximum Gasteiger partial charge on any atom is 0.255 e. The quantitative estimate of drug-likeness (QED) is 0.712. The largest absolute Gasteiger partial charge is 0.497 e. The van der Waals surface area contributed by atoms with E-state index in [1.54, 1.807) is 7.11 Å². The van der Waals surface area contributed by atoms with Crippen molar-refractivity contribution < 1.29 is 9.53 Å². The summed E-state index contributed by atoms with van der Waals surface area (Å²) in [5.74, 6) is 2.08. The number of nitrogens with one attached hydrogen (secondary N) is 1. The molecule has 2 atom stereocenters. The van der Waals surface area contributed by atoms with E-state index >= 15 is 0 Å². The fourth-order valence-electron chi connectivity index (χ4n) is 5.28. The Labute approximate surface area is 194 Å². The van der Waals surface area contributed by atoms with Crippen LogP contribution in [0.15, 0.2) is 41.2 Å². The highest BCUT2D eigenvalue weighted by Gasteiger charge is 2.33. The minimum atomic E-state index is -0.0309. The minimum Gasteiger partial charge on any atom is -0.497 e. The highest BCUT2D eigenvalue weighted by atomic mass is 16.5. The van der Waals surface area contributed by atoms with Gasteiger partial charge in [0.05, 0.1) is 18.4 Å². The molecule has 174 valence electrons. The van der Waals surface area contributed by atoms with Gasteiger partial charge in [0, 0.05) is 51.0 Å². The Morgan fingerprint density at radius 2 is 2.03 bits per heavy atom. The van der Waals surface area contributed by atoms with Gasteiger partial charge in [0.15, 0.2) is 0 Å². The van der Waals surface area contributed by atoms with Crippen LogP contribution in [-0.4, -0.2) is 52.4 Å². The van der Waals surface area contributed by atoms with Crippen molar-refractivity contribution in [3.63, 3.8) is 0 Å². The van der Waals surface area contributed by atoms with E-state index in [9.17, 15) is 9.59 Å². The van der Waals surface area contributed by atoms with Gasteiger partial charge in [-0.1, -0.05) is 24.3 Å². The third kappa shape index (κ3) is 4.74. The number of hydrogen-bond donors (Lipinski definition) is 1. The lowest BCUT2D eigenvalue weighted by Gasteiger charge is -2.28. The summed E-state index contributed by atoms with van der Waals surface area (Å²) in [6, 6.07) is 8.07. The Hall–Kier alpha value is -2.93. The number of rotatable bonds is 5. The standard InChI is InChI=1S/C26H32N4O3/c1-33-21-9-7-18(8-10-21)15-29-13-12-23-22(17-29)25(31)28-24(27-23)20-11-14-30(16-20)26(32)19-5-3-2-4-6-19/h2-3,7-10,19-20H,4-6,11-17H2,1H3,(H,27,28,31)/t19-,20+/m0/s1. The lowest BCUT2D eigenvalue weighted by Crippen LogP contribution is -2.36. The van der Waals surface area contributed by atoms with Crippen molar-refractivity contribution in [3.05, 3.63) is 69.4 Å². The molecule has 1 fully saturated rings. The van der Waals surface area contributed by atoms with Crippen LogP contribution in [0.2, 0.25) is 0 Å². The van der Waals surface area contributed by atoms with Crippen LogP contribution in [0.1, 0.15) is 54.2 Å². The molecule has 2 aliphatic heterocycles. The topological polar surface area (TPSA) is 78.5 Å². The van der Waals surface area contributed by atoms with E-state index in [2.05, 4.69) is 34.2 Å². The van der Waals surface area contributed by atoms with Crippen LogP contribution in [0.3, 0.4) is 0 Å². The third-order valence-electron chi connectivity index (χ3n) is 7.24. The van der Waals surface area contributed by atoms with E-state index in [1.165, 1.54) is 5.56 Å². The number of amides is 1. The molecule has 1 N–H and O–H groups in total. The van der Waals surface area contributed by atoms with E-state index in [4.69, 9.17) is 9.72 Å². The van der Waals surface area contributed by atoms with Crippen LogP contribution in [0.4, 0.5) is 0 Å².